The quantitative estimate of drug-likeness (QED) is 0.701. The van der Waals surface area contributed by atoms with Crippen molar-refractivity contribution in [2.24, 2.45) is 5.92 Å². The Morgan fingerprint density at radius 1 is 1.31 bits per heavy atom. The van der Waals surface area contributed by atoms with Crippen LogP contribution in [0.1, 0.15) is 44.9 Å². The molecule has 0 aromatic heterocycles. The second-order valence-electron chi connectivity index (χ2n) is 4.52. The molecule has 1 unspecified atom stereocenters. The highest BCUT2D eigenvalue weighted by Gasteiger charge is 2.23. The fourth-order valence-corrected chi connectivity index (χ4v) is 2.08. The molecule has 0 bridgehead atoms. The molecule has 1 saturated carbocycles. The standard InChI is InChI=1S/C11H19NO/c13-11(6-5-9-3-4-9)8-10-2-1-7-12-10/h9-10,12H,1-8H2. The van der Waals surface area contributed by atoms with Gasteiger partial charge in [0.05, 0.1) is 0 Å². The van der Waals surface area contributed by atoms with Crippen LogP contribution in [-0.2, 0) is 4.79 Å². The minimum absolute atomic E-state index is 0.478. The fourth-order valence-electron chi connectivity index (χ4n) is 2.08. The minimum Gasteiger partial charge on any atom is -0.314 e. The first kappa shape index (κ1) is 9.20. The van der Waals surface area contributed by atoms with Gasteiger partial charge in [-0.05, 0) is 31.7 Å². The van der Waals surface area contributed by atoms with Gasteiger partial charge in [-0.2, -0.15) is 0 Å². The molecule has 1 aliphatic carbocycles. The number of hydrogen-bond acceptors (Lipinski definition) is 2. The van der Waals surface area contributed by atoms with Crippen molar-refractivity contribution in [2.75, 3.05) is 6.54 Å². The molecule has 1 heterocycles. The van der Waals surface area contributed by atoms with Gasteiger partial charge in [0.25, 0.3) is 0 Å². The molecule has 2 heteroatoms. The normalized spacial score (nSPS) is 27.8. The zero-order valence-corrected chi connectivity index (χ0v) is 8.22. The lowest BCUT2D eigenvalue weighted by Crippen LogP contribution is -2.24. The van der Waals surface area contributed by atoms with E-state index in [1.54, 1.807) is 0 Å². The van der Waals surface area contributed by atoms with E-state index < -0.39 is 0 Å². The Labute approximate surface area is 80.1 Å². The molecule has 2 aliphatic rings. The van der Waals surface area contributed by atoms with Crippen LogP contribution >= 0.6 is 0 Å². The Bertz CT molecular complexity index is 181. The van der Waals surface area contributed by atoms with Gasteiger partial charge < -0.3 is 5.32 Å². The summed E-state index contributed by atoms with van der Waals surface area (Å²) in [4.78, 5) is 11.5. The third-order valence-electron chi connectivity index (χ3n) is 3.16. The van der Waals surface area contributed by atoms with Crippen LogP contribution < -0.4 is 5.32 Å². The molecule has 1 saturated heterocycles. The predicted octanol–water partition coefficient (Wildman–Crippen LogP) is 1.89. The Hall–Kier alpha value is -0.370. The number of hydrogen-bond donors (Lipinski definition) is 1. The predicted molar refractivity (Wildman–Crippen MR) is 52.6 cm³/mol. The molecule has 2 fully saturated rings. The molecule has 2 nitrogen and oxygen atoms in total. The van der Waals surface area contributed by atoms with Crippen LogP contribution in [0.3, 0.4) is 0 Å². The van der Waals surface area contributed by atoms with Gasteiger partial charge in [-0.1, -0.05) is 12.8 Å². The lowest BCUT2D eigenvalue weighted by molar-refractivity contribution is -0.119. The maximum atomic E-state index is 11.5. The van der Waals surface area contributed by atoms with Gasteiger partial charge in [-0.15, -0.1) is 0 Å². The van der Waals surface area contributed by atoms with Crippen molar-refractivity contribution in [2.45, 2.75) is 51.0 Å². The molecule has 0 aromatic carbocycles. The smallest absolute Gasteiger partial charge is 0.134 e. The van der Waals surface area contributed by atoms with E-state index >= 15 is 0 Å². The summed E-state index contributed by atoms with van der Waals surface area (Å²) < 4.78 is 0. The van der Waals surface area contributed by atoms with Gasteiger partial charge in [0.1, 0.15) is 5.78 Å². The van der Waals surface area contributed by atoms with Crippen molar-refractivity contribution in [1.82, 2.24) is 5.32 Å². The van der Waals surface area contributed by atoms with Crippen molar-refractivity contribution >= 4 is 5.78 Å². The summed E-state index contributed by atoms with van der Waals surface area (Å²) in [6.07, 6.45) is 7.97. The second-order valence-corrected chi connectivity index (χ2v) is 4.52. The van der Waals surface area contributed by atoms with Crippen LogP contribution in [0.2, 0.25) is 0 Å². The maximum Gasteiger partial charge on any atom is 0.134 e. The van der Waals surface area contributed by atoms with E-state index in [-0.39, 0.29) is 0 Å². The molecule has 1 N–H and O–H groups in total. The van der Waals surface area contributed by atoms with Crippen LogP contribution in [0.5, 0.6) is 0 Å². The Kier molecular flexibility index (Phi) is 2.99. The van der Waals surface area contributed by atoms with E-state index in [0.29, 0.717) is 11.8 Å². The highest BCUT2D eigenvalue weighted by atomic mass is 16.1. The maximum absolute atomic E-state index is 11.5. The van der Waals surface area contributed by atoms with Crippen molar-refractivity contribution in [3.05, 3.63) is 0 Å². The van der Waals surface area contributed by atoms with E-state index in [9.17, 15) is 4.79 Å². The molecule has 2 rings (SSSR count). The van der Waals surface area contributed by atoms with Crippen LogP contribution in [0.25, 0.3) is 0 Å². The number of Topliss-reactive ketones (excluding diaryl/α,β-unsaturated/α-hetero) is 1. The molecule has 0 aromatic rings. The fraction of sp³-hybridized carbons (Fsp3) is 0.909. The summed E-state index contributed by atoms with van der Waals surface area (Å²) in [7, 11) is 0. The molecular weight excluding hydrogens is 162 g/mol. The number of carbonyl (C=O) groups is 1. The molecule has 1 aliphatic heterocycles. The first-order valence-electron chi connectivity index (χ1n) is 5.59. The van der Waals surface area contributed by atoms with Gasteiger partial charge in [0, 0.05) is 18.9 Å². The molecule has 13 heavy (non-hydrogen) atoms. The molecule has 74 valence electrons. The Morgan fingerprint density at radius 3 is 2.77 bits per heavy atom. The third kappa shape index (κ3) is 3.11. The molecule has 0 spiro atoms. The third-order valence-corrected chi connectivity index (χ3v) is 3.16. The second kappa shape index (κ2) is 4.23. The van der Waals surface area contributed by atoms with Gasteiger partial charge in [0.15, 0.2) is 0 Å². The minimum atomic E-state index is 0.478. The summed E-state index contributed by atoms with van der Waals surface area (Å²) in [5.74, 6) is 1.38. The van der Waals surface area contributed by atoms with E-state index in [2.05, 4.69) is 5.32 Å². The van der Waals surface area contributed by atoms with E-state index in [1.807, 2.05) is 0 Å². The lowest BCUT2D eigenvalue weighted by Gasteiger charge is -2.08. The van der Waals surface area contributed by atoms with Crippen LogP contribution in [0, 0.1) is 5.92 Å². The average Bonchev–Trinajstić information content (AvgIpc) is 2.82. The van der Waals surface area contributed by atoms with Crippen molar-refractivity contribution in [1.29, 1.82) is 0 Å². The highest BCUT2D eigenvalue weighted by molar-refractivity contribution is 5.79. The van der Waals surface area contributed by atoms with Crippen molar-refractivity contribution in [3.63, 3.8) is 0 Å². The van der Waals surface area contributed by atoms with E-state index in [1.165, 1.54) is 25.7 Å². The zero-order chi connectivity index (χ0) is 9.10. The van der Waals surface area contributed by atoms with Gasteiger partial charge in [0.2, 0.25) is 0 Å². The summed E-state index contributed by atoms with van der Waals surface area (Å²) in [6.45, 7) is 1.11. The monoisotopic (exact) mass is 181 g/mol. The topological polar surface area (TPSA) is 29.1 Å². The SMILES string of the molecule is O=C(CCC1CC1)CC1CCCN1. The van der Waals surface area contributed by atoms with Crippen LogP contribution in [0.4, 0.5) is 0 Å². The first-order chi connectivity index (χ1) is 6.34. The largest absolute Gasteiger partial charge is 0.314 e. The summed E-state index contributed by atoms with van der Waals surface area (Å²) in [5, 5.41) is 3.37. The Morgan fingerprint density at radius 2 is 2.15 bits per heavy atom. The van der Waals surface area contributed by atoms with E-state index in [0.717, 1.165) is 31.7 Å². The average molecular weight is 181 g/mol. The van der Waals surface area contributed by atoms with Gasteiger partial charge in [-0.3, -0.25) is 4.79 Å². The van der Waals surface area contributed by atoms with Gasteiger partial charge >= 0.3 is 0 Å². The lowest BCUT2D eigenvalue weighted by atomic mass is 10.0. The van der Waals surface area contributed by atoms with Crippen LogP contribution in [0.15, 0.2) is 0 Å². The van der Waals surface area contributed by atoms with Crippen molar-refractivity contribution < 1.29 is 4.79 Å². The molecule has 0 amide bonds. The number of carbonyl (C=O) groups excluding carboxylic acids is 1. The molecule has 0 radical (unpaired) electrons. The first-order valence-corrected chi connectivity index (χ1v) is 5.59. The summed E-state index contributed by atoms with van der Waals surface area (Å²) in [6, 6.07) is 0.506. The molecular formula is C11H19NO. The summed E-state index contributed by atoms with van der Waals surface area (Å²) >= 11 is 0. The van der Waals surface area contributed by atoms with Gasteiger partial charge in [-0.25, -0.2) is 0 Å². The number of nitrogens with one attached hydrogen (secondary N) is 1. The Balaban J connectivity index is 1.59. The molecule has 1 atom stereocenters. The summed E-state index contributed by atoms with van der Waals surface area (Å²) in [5.41, 5.74) is 0. The number of rotatable bonds is 5. The highest BCUT2D eigenvalue weighted by Crippen LogP contribution is 2.33. The van der Waals surface area contributed by atoms with Crippen LogP contribution in [-0.4, -0.2) is 18.4 Å². The zero-order valence-electron chi connectivity index (χ0n) is 8.22. The number of ketones is 1. The van der Waals surface area contributed by atoms with E-state index in [4.69, 9.17) is 0 Å². The van der Waals surface area contributed by atoms with Crippen molar-refractivity contribution in [3.8, 4) is 0 Å².